The van der Waals surface area contributed by atoms with E-state index in [0.717, 1.165) is 39.9 Å². The highest BCUT2D eigenvalue weighted by atomic mass is 16.5. The Kier molecular flexibility index (Phi) is 4.99. The van der Waals surface area contributed by atoms with E-state index in [0.29, 0.717) is 30.8 Å². The van der Waals surface area contributed by atoms with Gasteiger partial charge in [-0.3, -0.25) is 0 Å². The fraction of sp³-hybridized carbons (Fsp3) is 0.222. The second kappa shape index (κ2) is 7.95. The highest BCUT2D eigenvalue weighted by molar-refractivity contribution is 5.86. The quantitative estimate of drug-likeness (QED) is 0.409. The summed E-state index contributed by atoms with van der Waals surface area (Å²) in [6, 6.07) is 22.4. The molecule has 0 N–H and O–H groups in total. The van der Waals surface area contributed by atoms with Gasteiger partial charge in [-0.15, -0.1) is 0 Å². The van der Waals surface area contributed by atoms with E-state index in [1.807, 2.05) is 55.5 Å². The second-order valence-electron chi connectivity index (χ2n) is 8.03. The third-order valence-corrected chi connectivity index (χ3v) is 6.18. The number of hydrogen-bond acceptors (Lipinski definition) is 4. The molecule has 0 aliphatic carbocycles. The number of ether oxygens (including phenoxy) is 1. The first-order valence-electron chi connectivity index (χ1n) is 10.7. The standard InChI is InChI=1S/C27H25NO3/c1-3-20-11-7-8-12-24(20)28-16-23-25(30-17-28)14-13-21-18(2)22(27(29)31-26(21)23)15-19-9-5-4-6-10-19/h4-14H,3,15-17H2,1-2H3. The van der Waals surface area contributed by atoms with Crippen molar-refractivity contribution in [1.82, 2.24) is 0 Å². The highest BCUT2D eigenvalue weighted by Gasteiger charge is 2.24. The van der Waals surface area contributed by atoms with E-state index in [2.05, 4.69) is 30.0 Å². The molecule has 4 nitrogen and oxygen atoms in total. The molecule has 4 heteroatoms. The van der Waals surface area contributed by atoms with Gasteiger partial charge in [0.25, 0.3) is 0 Å². The SMILES string of the molecule is CCc1ccccc1N1COc2ccc3c(C)c(Cc4ccccc4)c(=O)oc3c2C1. The van der Waals surface area contributed by atoms with Gasteiger partial charge in [-0.05, 0) is 48.2 Å². The zero-order valence-electron chi connectivity index (χ0n) is 17.9. The van der Waals surface area contributed by atoms with Crippen LogP contribution in [0.1, 0.15) is 34.7 Å². The van der Waals surface area contributed by atoms with Crippen LogP contribution in [-0.2, 0) is 19.4 Å². The first-order valence-corrected chi connectivity index (χ1v) is 10.7. The predicted octanol–water partition coefficient (Wildman–Crippen LogP) is 5.61. The van der Waals surface area contributed by atoms with E-state index in [1.165, 1.54) is 5.56 Å². The van der Waals surface area contributed by atoms with E-state index >= 15 is 0 Å². The summed E-state index contributed by atoms with van der Waals surface area (Å²) in [4.78, 5) is 15.2. The largest absolute Gasteiger partial charge is 0.473 e. The number of anilines is 1. The summed E-state index contributed by atoms with van der Waals surface area (Å²) < 4.78 is 12.0. The van der Waals surface area contributed by atoms with Gasteiger partial charge in [0, 0.05) is 23.1 Å². The maximum absolute atomic E-state index is 13.0. The number of para-hydroxylation sites is 1. The molecular formula is C27H25NO3. The maximum atomic E-state index is 13.0. The molecule has 0 fully saturated rings. The van der Waals surface area contributed by atoms with Gasteiger partial charge in [0.1, 0.15) is 11.3 Å². The number of fused-ring (bicyclic) bond motifs is 3. The fourth-order valence-corrected chi connectivity index (χ4v) is 4.44. The zero-order chi connectivity index (χ0) is 21.4. The summed E-state index contributed by atoms with van der Waals surface area (Å²) in [6.45, 7) is 5.29. The van der Waals surface area contributed by atoms with Crippen molar-refractivity contribution in [1.29, 1.82) is 0 Å². The van der Waals surface area contributed by atoms with Gasteiger partial charge in [0.15, 0.2) is 6.73 Å². The van der Waals surface area contributed by atoms with Gasteiger partial charge in [0.2, 0.25) is 0 Å². The van der Waals surface area contributed by atoms with Crippen LogP contribution < -0.4 is 15.3 Å². The molecule has 1 aromatic heterocycles. The van der Waals surface area contributed by atoms with E-state index in [-0.39, 0.29) is 5.63 Å². The molecule has 31 heavy (non-hydrogen) atoms. The molecule has 4 aromatic rings. The predicted molar refractivity (Wildman–Crippen MR) is 124 cm³/mol. The van der Waals surface area contributed by atoms with Crippen LogP contribution >= 0.6 is 0 Å². The van der Waals surface area contributed by atoms with Crippen LogP contribution in [0, 0.1) is 6.92 Å². The molecule has 1 aliphatic heterocycles. The first kappa shape index (κ1) is 19.4. The van der Waals surface area contributed by atoms with Gasteiger partial charge < -0.3 is 14.1 Å². The van der Waals surface area contributed by atoms with Crippen LogP contribution in [0.15, 0.2) is 75.9 Å². The minimum Gasteiger partial charge on any atom is -0.473 e. The minimum atomic E-state index is -0.270. The highest BCUT2D eigenvalue weighted by Crippen LogP contribution is 2.36. The van der Waals surface area contributed by atoms with Crippen molar-refractivity contribution in [3.8, 4) is 5.75 Å². The molecule has 2 heterocycles. The summed E-state index contributed by atoms with van der Waals surface area (Å²) in [7, 11) is 0. The Morgan fingerprint density at radius 1 is 0.968 bits per heavy atom. The third kappa shape index (κ3) is 3.48. The average Bonchev–Trinajstić information content (AvgIpc) is 2.82. The van der Waals surface area contributed by atoms with Crippen LogP contribution in [0.4, 0.5) is 5.69 Å². The molecule has 0 atom stereocenters. The third-order valence-electron chi connectivity index (χ3n) is 6.18. The van der Waals surface area contributed by atoms with Crippen molar-refractivity contribution in [3.05, 3.63) is 105 Å². The fourth-order valence-electron chi connectivity index (χ4n) is 4.44. The van der Waals surface area contributed by atoms with Gasteiger partial charge in [-0.25, -0.2) is 4.79 Å². The van der Waals surface area contributed by atoms with E-state index < -0.39 is 0 Å². The molecule has 5 rings (SSSR count). The summed E-state index contributed by atoms with van der Waals surface area (Å²) in [5.41, 5.74) is 6.52. The molecule has 0 saturated carbocycles. The Morgan fingerprint density at radius 2 is 1.74 bits per heavy atom. The Hall–Kier alpha value is -3.53. The average molecular weight is 412 g/mol. The number of aryl methyl sites for hydroxylation is 2. The topological polar surface area (TPSA) is 42.7 Å². The lowest BCUT2D eigenvalue weighted by atomic mass is 9.97. The van der Waals surface area contributed by atoms with Crippen molar-refractivity contribution >= 4 is 16.7 Å². The van der Waals surface area contributed by atoms with Gasteiger partial charge in [-0.1, -0.05) is 55.5 Å². The Balaban J connectivity index is 1.59. The van der Waals surface area contributed by atoms with Gasteiger partial charge in [0.05, 0.1) is 12.1 Å². The molecule has 0 amide bonds. The molecular weight excluding hydrogens is 386 g/mol. The smallest absolute Gasteiger partial charge is 0.340 e. The van der Waals surface area contributed by atoms with Crippen LogP contribution in [-0.4, -0.2) is 6.73 Å². The van der Waals surface area contributed by atoms with Crippen molar-refractivity contribution in [2.45, 2.75) is 33.2 Å². The van der Waals surface area contributed by atoms with Crippen LogP contribution in [0.3, 0.4) is 0 Å². The minimum absolute atomic E-state index is 0.270. The number of rotatable bonds is 4. The molecule has 3 aromatic carbocycles. The molecule has 0 saturated heterocycles. The normalized spacial score (nSPS) is 13.2. The molecule has 0 radical (unpaired) electrons. The van der Waals surface area contributed by atoms with Gasteiger partial charge >= 0.3 is 5.63 Å². The molecule has 1 aliphatic rings. The van der Waals surface area contributed by atoms with E-state index in [1.54, 1.807) is 0 Å². The van der Waals surface area contributed by atoms with Gasteiger partial charge in [-0.2, -0.15) is 0 Å². The summed E-state index contributed by atoms with van der Waals surface area (Å²) in [6.07, 6.45) is 1.51. The van der Waals surface area contributed by atoms with Crippen LogP contribution in [0.2, 0.25) is 0 Å². The molecule has 156 valence electrons. The monoisotopic (exact) mass is 411 g/mol. The van der Waals surface area contributed by atoms with Crippen molar-refractivity contribution in [2.75, 3.05) is 11.6 Å². The summed E-state index contributed by atoms with van der Waals surface area (Å²) >= 11 is 0. The second-order valence-corrected chi connectivity index (χ2v) is 8.03. The van der Waals surface area contributed by atoms with E-state index in [4.69, 9.17) is 9.15 Å². The lowest BCUT2D eigenvalue weighted by Gasteiger charge is -2.32. The van der Waals surface area contributed by atoms with Crippen LogP contribution in [0.5, 0.6) is 5.75 Å². The Labute approximate surface area is 181 Å². The lowest BCUT2D eigenvalue weighted by molar-refractivity contribution is 0.289. The Bertz CT molecular complexity index is 1310. The molecule has 0 bridgehead atoms. The first-order chi connectivity index (χ1) is 15.2. The Morgan fingerprint density at radius 3 is 2.55 bits per heavy atom. The van der Waals surface area contributed by atoms with Crippen molar-refractivity contribution in [2.24, 2.45) is 0 Å². The molecule has 0 spiro atoms. The number of nitrogens with zero attached hydrogens (tertiary/aromatic N) is 1. The summed E-state index contributed by atoms with van der Waals surface area (Å²) in [5.74, 6) is 0.788. The maximum Gasteiger partial charge on any atom is 0.340 e. The summed E-state index contributed by atoms with van der Waals surface area (Å²) in [5, 5.41) is 0.971. The lowest BCUT2D eigenvalue weighted by Crippen LogP contribution is -2.32. The van der Waals surface area contributed by atoms with Crippen molar-refractivity contribution < 1.29 is 9.15 Å². The van der Waals surface area contributed by atoms with Crippen molar-refractivity contribution in [3.63, 3.8) is 0 Å². The zero-order valence-corrected chi connectivity index (χ0v) is 17.9. The molecule has 0 unspecified atom stereocenters. The van der Waals surface area contributed by atoms with E-state index in [9.17, 15) is 4.79 Å². The number of hydrogen-bond donors (Lipinski definition) is 0. The van der Waals surface area contributed by atoms with Crippen LogP contribution in [0.25, 0.3) is 11.0 Å². The number of benzene rings is 3.